The quantitative estimate of drug-likeness (QED) is 0.111. The van der Waals surface area contributed by atoms with Crippen LogP contribution in [0.1, 0.15) is 101 Å². The van der Waals surface area contributed by atoms with Crippen LogP contribution in [0.15, 0.2) is 23.5 Å². The number of nitrogens with two attached hydrogens (primary N) is 1. The lowest BCUT2D eigenvalue weighted by Crippen LogP contribution is -2.60. The summed E-state index contributed by atoms with van der Waals surface area (Å²) in [5.41, 5.74) is 3.61. The van der Waals surface area contributed by atoms with Crippen LogP contribution in [-0.2, 0) is 54.3 Å². The first-order valence-electron chi connectivity index (χ1n) is 21.2. The molecule has 13 atom stereocenters. The first-order valence-corrected chi connectivity index (χ1v) is 22.0. The molecule has 2 fully saturated rings. The number of carbonyl (C=O) groups excluding carboxylic acids is 4. The van der Waals surface area contributed by atoms with E-state index in [2.05, 4.69) is 19.5 Å². The molecule has 4 N–H and O–H groups in total. The second kappa shape index (κ2) is 21.6. The lowest BCUT2D eigenvalue weighted by molar-refractivity contribution is -0.295. The number of nitrogen functional groups attached to an aromatic ring is 1. The summed E-state index contributed by atoms with van der Waals surface area (Å²) in [5, 5.41) is 29.5. The number of hydrogen-bond acceptors (Lipinski definition) is 19. The predicted octanol–water partition coefficient (Wildman–Crippen LogP) is 4.14. The summed E-state index contributed by atoms with van der Waals surface area (Å²) in [4.78, 5) is 70.9. The Hall–Kier alpha value is -3.98. The second-order valence-corrected chi connectivity index (χ2v) is 18.1. The van der Waals surface area contributed by atoms with Gasteiger partial charge >= 0.3 is 11.9 Å². The number of anilines is 1. The standard InChI is InChI=1S/C43H66N6O12S/c1-13-29(47-57-21-30-16-15-28(19-45-30)38-46-41(44)48-62-38)20-56-37-24(5)33(51)22(3)18-42(9,54)36(25(6)34(52)26(7)39(53)60-32(14-2)43(37,10)55)61-40-35(59-27(8)50)31(49(11)12)17-23(4)58-40/h15-16,19,22-26,31-32,35-37,40,54-55H,13-14,17-18,20-21H2,1-12H3,(H2,44,48)/t22-,23-,24+,25+,26-,31+,32-,35-,36-,37-,40+,42-,43-/m1/s1. The van der Waals surface area contributed by atoms with Gasteiger partial charge in [-0.05, 0) is 91.1 Å². The van der Waals surface area contributed by atoms with E-state index in [1.807, 2.05) is 38.9 Å². The molecule has 0 aromatic carbocycles. The summed E-state index contributed by atoms with van der Waals surface area (Å²) in [6.07, 6.45) is -3.86. The van der Waals surface area contributed by atoms with Crippen LogP contribution >= 0.6 is 11.5 Å². The molecule has 2 aliphatic heterocycles. The van der Waals surface area contributed by atoms with Gasteiger partial charge < -0.3 is 49.4 Å². The van der Waals surface area contributed by atoms with Gasteiger partial charge in [-0.3, -0.25) is 24.2 Å². The average Bonchev–Trinajstić information content (AvgIpc) is 3.65. The third-order valence-corrected chi connectivity index (χ3v) is 12.6. The van der Waals surface area contributed by atoms with Crippen LogP contribution in [0.25, 0.3) is 10.6 Å². The molecule has 4 heterocycles. The van der Waals surface area contributed by atoms with E-state index in [1.165, 1.54) is 34.6 Å². The van der Waals surface area contributed by atoms with Crippen molar-refractivity contribution >= 4 is 46.7 Å². The number of ether oxygens (including phenoxy) is 5. The Kier molecular flexibility index (Phi) is 17.6. The Morgan fingerprint density at radius 3 is 2.29 bits per heavy atom. The number of aromatic nitrogens is 3. The highest BCUT2D eigenvalue weighted by atomic mass is 32.1. The number of cyclic esters (lactones) is 1. The van der Waals surface area contributed by atoms with Gasteiger partial charge in [0, 0.05) is 36.4 Å². The molecule has 2 aromatic heterocycles. The molecule has 2 aliphatic rings. The molecular weight excluding hydrogens is 825 g/mol. The van der Waals surface area contributed by atoms with Gasteiger partial charge in [-0.25, -0.2) is 0 Å². The average molecular weight is 891 g/mol. The molecule has 0 saturated carbocycles. The van der Waals surface area contributed by atoms with E-state index in [9.17, 15) is 29.4 Å². The van der Waals surface area contributed by atoms with E-state index in [1.54, 1.807) is 33.0 Å². The largest absolute Gasteiger partial charge is 0.459 e. The number of aliphatic hydroxyl groups is 2. The lowest BCUT2D eigenvalue weighted by Gasteiger charge is -2.47. The first kappa shape index (κ1) is 50.7. The van der Waals surface area contributed by atoms with E-state index in [4.69, 9.17) is 34.3 Å². The molecular formula is C43H66N6O12S. The number of pyridine rings is 1. The number of ketones is 2. The normalized spacial score (nSPS) is 34.4. The Morgan fingerprint density at radius 2 is 1.73 bits per heavy atom. The third-order valence-electron chi connectivity index (χ3n) is 11.9. The van der Waals surface area contributed by atoms with Gasteiger partial charge in [0.1, 0.15) is 28.4 Å². The van der Waals surface area contributed by atoms with E-state index < -0.39 is 83.3 Å². The molecule has 62 heavy (non-hydrogen) atoms. The fourth-order valence-electron chi connectivity index (χ4n) is 8.42. The zero-order chi connectivity index (χ0) is 46.3. The van der Waals surface area contributed by atoms with Crippen molar-refractivity contribution in [2.45, 2.75) is 156 Å². The van der Waals surface area contributed by atoms with E-state index in [0.29, 0.717) is 29.3 Å². The smallest absolute Gasteiger partial charge is 0.316 e. The molecule has 0 bridgehead atoms. The fraction of sp³-hybridized carbons (Fsp3) is 0.721. The molecule has 0 amide bonds. The monoisotopic (exact) mass is 890 g/mol. The van der Waals surface area contributed by atoms with Crippen molar-refractivity contribution in [3.63, 3.8) is 0 Å². The Bertz CT molecular complexity index is 1870. The number of oxime groups is 1. The molecule has 4 rings (SSSR count). The number of esters is 2. The van der Waals surface area contributed by atoms with Gasteiger partial charge in [-0.1, -0.05) is 39.8 Å². The van der Waals surface area contributed by atoms with Crippen LogP contribution in [0, 0.1) is 23.7 Å². The van der Waals surface area contributed by atoms with Crippen LogP contribution in [-0.4, -0.2) is 133 Å². The van der Waals surface area contributed by atoms with Crippen LogP contribution in [0.3, 0.4) is 0 Å². The summed E-state index contributed by atoms with van der Waals surface area (Å²) >= 11 is 1.16. The minimum Gasteiger partial charge on any atom is -0.459 e. The first-order chi connectivity index (χ1) is 29.0. The Balaban J connectivity index is 1.63. The molecule has 0 unspecified atom stereocenters. The number of likely N-dealkylation sites (N-methyl/N-ethyl adjacent to an activating group) is 1. The molecule has 0 radical (unpaired) electrons. The van der Waals surface area contributed by atoms with E-state index in [-0.39, 0.29) is 49.9 Å². The van der Waals surface area contributed by atoms with Crippen LogP contribution in [0.2, 0.25) is 0 Å². The lowest BCUT2D eigenvalue weighted by atomic mass is 9.74. The third kappa shape index (κ3) is 12.4. The van der Waals surface area contributed by atoms with Gasteiger partial charge in [-0.2, -0.15) is 9.36 Å². The van der Waals surface area contributed by atoms with Crippen molar-refractivity contribution in [1.29, 1.82) is 0 Å². The van der Waals surface area contributed by atoms with Crippen molar-refractivity contribution in [2.24, 2.45) is 28.8 Å². The second-order valence-electron chi connectivity index (χ2n) is 17.4. The van der Waals surface area contributed by atoms with E-state index in [0.717, 1.165) is 17.1 Å². The highest BCUT2D eigenvalue weighted by molar-refractivity contribution is 7.09. The Morgan fingerprint density at radius 1 is 1.05 bits per heavy atom. The number of nitrogens with zero attached hydrogens (tertiary/aromatic N) is 5. The topological polar surface area (TPSA) is 244 Å². The summed E-state index contributed by atoms with van der Waals surface area (Å²) in [7, 11) is 3.67. The minimum absolute atomic E-state index is 0.0378. The molecule has 0 aliphatic carbocycles. The van der Waals surface area contributed by atoms with Crippen molar-refractivity contribution in [2.75, 3.05) is 26.4 Å². The van der Waals surface area contributed by atoms with Crippen molar-refractivity contribution < 1.29 is 57.9 Å². The highest BCUT2D eigenvalue weighted by Gasteiger charge is 2.52. The van der Waals surface area contributed by atoms with Crippen molar-refractivity contribution in [3.8, 4) is 10.6 Å². The van der Waals surface area contributed by atoms with Crippen molar-refractivity contribution in [1.82, 2.24) is 19.2 Å². The number of carbonyl (C=O) groups is 4. The molecule has 2 aromatic rings. The summed E-state index contributed by atoms with van der Waals surface area (Å²) in [6, 6.07) is 3.26. The maximum atomic E-state index is 14.5. The SMILES string of the molecule is CCC(CO[C@@H]1[C@@H](C)C(=O)[C@H](C)C[C@@](C)(O)[C@H](O[C@@H]2O[C@H](C)C[C@H](N(C)C)[C@H]2OC(C)=O)[C@@H](C)C(=O)[C@@H](C)C(=O)O[C@H](CC)[C@@]1(C)O)=NOCc1ccc(-c2nc(N)ns2)cn1. The van der Waals surface area contributed by atoms with Gasteiger partial charge in [0.25, 0.3) is 0 Å². The zero-order valence-electron chi connectivity index (χ0n) is 38.0. The Labute approximate surface area is 368 Å². The zero-order valence-corrected chi connectivity index (χ0v) is 38.8. The van der Waals surface area contributed by atoms with Crippen LogP contribution in [0.5, 0.6) is 0 Å². The van der Waals surface area contributed by atoms with Gasteiger partial charge in [0.05, 0.1) is 48.0 Å². The number of rotatable bonds is 13. The fourth-order valence-corrected chi connectivity index (χ4v) is 9.00. The van der Waals surface area contributed by atoms with Gasteiger partial charge in [-0.15, -0.1) is 0 Å². The molecule has 2 saturated heterocycles. The molecule has 18 nitrogen and oxygen atoms in total. The highest BCUT2D eigenvalue weighted by Crippen LogP contribution is 2.38. The maximum absolute atomic E-state index is 14.5. The van der Waals surface area contributed by atoms with E-state index >= 15 is 0 Å². The van der Waals surface area contributed by atoms with Crippen molar-refractivity contribution in [3.05, 3.63) is 24.0 Å². The summed E-state index contributed by atoms with van der Waals surface area (Å²) in [6.45, 7) is 15.6. The molecule has 19 heteroatoms. The van der Waals surface area contributed by atoms with Crippen LogP contribution in [0.4, 0.5) is 5.95 Å². The van der Waals surface area contributed by atoms with Crippen LogP contribution < -0.4 is 5.73 Å². The number of Topliss-reactive ketones (excluding diaryl/α,β-unsaturated/α-hetero) is 2. The predicted molar refractivity (Wildman–Crippen MR) is 229 cm³/mol. The summed E-state index contributed by atoms with van der Waals surface area (Å²) in [5.74, 6) is -6.65. The molecule has 346 valence electrons. The maximum Gasteiger partial charge on any atom is 0.316 e. The minimum atomic E-state index is -1.95. The van der Waals surface area contributed by atoms with Gasteiger partial charge in [0.15, 0.2) is 24.8 Å². The number of hydrogen-bond donors (Lipinski definition) is 3. The molecule has 0 spiro atoms. The van der Waals surface area contributed by atoms with Gasteiger partial charge in [0.2, 0.25) is 5.95 Å². The summed E-state index contributed by atoms with van der Waals surface area (Å²) < 4.78 is 34.7.